The quantitative estimate of drug-likeness (QED) is 0.662. The van der Waals surface area contributed by atoms with Crippen molar-refractivity contribution in [3.63, 3.8) is 0 Å². The Hall–Kier alpha value is -2.67. The molecule has 7 heteroatoms. The molecule has 128 valence electrons. The zero-order valence-corrected chi connectivity index (χ0v) is 14.6. The van der Waals surface area contributed by atoms with Crippen LogP contribution in [0.5, 0.6) is 11.5 Å². The van der Waals surface area contributed by atoms with E-state index in [1.54, 1.807) is 32.7 Å². The number of carbonyl (C=O) groups excluding carboxylic acids is 1. The topological polar surface area (TPSA) is 66.5 Å². The van der Waals surface area contributed by atoms with Crippen molar-refractivity contribution in [1.29, 1.82) is 0 Å². The van der Waals surface area contributed by atoms with Crippen molar-refractivity contribution >= 4 is 29.2 Å². The molecule has 1 aliphatic carbocycles. The highest BCUT2D eigenvalue weighted by Crippen LogP contribution is 2.50. The molecule has 0 amide bonds. The number of methoxy groups -OCH3 is 2. The van der Waals surface area contributed by atoms with E-state index >= 15 is 0 Å². The first-order valence-corrected chi connectivity index (χ1v) is 8.26. The van der Waals surface area contributed by atoms with E-state index in [0.717, 1.165) is 12.0 Å². The smallest absolute Gasteiger partial charge is 0.276 e. The van der Waals surface area contributed by atoms with Gasteiger partial charge in [-0.1, -0.05) is 6.07 Å². The van der Waals surface area contributed by atoms with Crippen molar-refractivity contribution in [3.05, 3.63) is 47.1 Å². The van der Waals surface area contributed by atoms with E-state index in [4.69, 9.17) is 26.1 Å². The predicted molar refractivity (Wildman–Crippen MR) is 93.9 cm³/mol. The van der Waals surface area contributed by atoms with Crippen LogP contribution in [0.3, 0.4) is 0 Å². The third-order valence-electron chi connectivity index (χ3n) is 4.55. The van der Waals surface area contributed by atoms with Gasteiger partial charge in [0, 0.05) is 12.1 Å². The minimum absolute atomic E-state index is 0.0465. The number of benzene rings is 1. The van der Waals surface area contributed by atoms with E-state index in [1.165, 1.54) is 4.57 Å². The van der Waals surface area contributed by atoms with E-state index in [2.05, 4.69) is 4.98 Å². The summed E-state index contributed by atoms with van der Waals surface area (Å²) in [5.74, 6) is 1.30. The van der Waals surface area contributed by atoms with Gasteiger partial charge in [-0.25, -0.2) is 4.57 Å². The molecule has 1 aliphatic rings. The molecule has 2 atom stereocenters. The summed E-state index contributed by atoms with van der Waals surface area (Å²) in [6.45, 7) is 0. The lowest BCUT2D eigenvalue weighted by Gasteiger charge is -2.09. The molecular weight excluding hydrogens is 340 g/mol. The largest absolute Gasteiger partial charge is 0.493 e. The van der Waals surface area contributed by atoms with Crippen LogP contribution in [0.2, 0.25) is 0 Å². The third kappa shape index (κ3) is 2.60. The Morgan fingerprint density at radius 1 is 1.28 bits per heavy atom. The summed E-state index contributed by atoms with van der Waals surface area (Å²) in [5.41, 5.74) is 2.23. The summed E-state index contributed by atoms with van der Waals surface area (Å²) < 4.78 is 17.5. The van der Waals surface area contributed by atoms with Crippen LogP contribution in [0.1, 0.15) is 22.7 Å². The van der Waals surface area contributed by atoms with Gasteiger partial charge in [0.05, 0.1) is 25.9 Å². The van der Waals surface area contributed by atoms with E-state index in [1.807, 2.05) is 18.2 Å². The zero-order chi connectivity index (χ0) is 17.6. The van der Waals surface area contributed by atoms with Gasteiger partial charge in [0.2, 0.25) is 5.91 Å². The Labute approximate surface area is 149 Å². The fourth-order valence-electron chi connectivity index (χ4n) is 3.17. The van der Waals surface area contributed by atoms with E-state index in [9.17, 15) is 4.79 Å². The van der Waals surface area contributed by atoms with Gasteiger partial charge in [0.25, 0.3) is 4.84 Å². The average Bonchev–Trinajstić information content (AvgIpc) is 3.36. The SMILES string of the molecule is COc1ccc(C2CC2C(=O)n2c(=S)oc3cnccc32)cc1OC. The Bertz CT molecular complexity index is 1020. The lowest BCUT2D eigenvalue weighted by molar-refractivity contribution is 0.0883. The van der Waals surface area contributed by atoms with Crippen molar-refractivity contribution in [2.45, 2.75) is 12.3 Å². The van der Waals surface area contributed by atoms with Crippen molar-refractivity contribution in [3.8, 4) is 11.5 Å². The number of rotatable bonds is 4. The minimum atomic E-state index is -0.126. The first-order chi connectivity index (χ1) is 12.1. The van der Waals surface area contributed by atoms with Crippen LogP contribution in [-0.2, 0) is 0 Å². The standard InChI is InChI=1S/C18H16N2O4S/c1-22-14-4-3-10(7-15(14)23-2)11-8-12(11)17(21)20-13-5-6-19-9-16(13)24-18(20)25/h3-7,9,11-12H,8H2,1-2H3. The molecule has 2 heterocycles. The van der Waals surface area contributed by atoms with Gasteiger partial charge < -0.3 is 13.9 Å². The van der Waals surface area contributed by atoms with Crippen LogP contribution < -0.4 is 9.47 Å². The maximum atomic E-state index is 12.9. The molecule has 0 radical (unpaired) electrons. The number of fused-ring (bicyclic) bond motifs is 1. The van der Waals surface area contributed by atoms with Crippen LogP contribution in [0.15, 0.2) is 41.1 Å². The maximum absolute atomic E-state index is 12.9. The molecule has 1 fully saturated rings. The molecular formula is C18H16N2O4S. The van der Waals surface area contributed by atoms with Crippen LogP contribution in [0.4, 0.5) is 0 Å². The molecule has 2 unspecified atom stereocenters. The second kappa shape index (κ2) is 6.00. The summed E-state index contributed by atoms with van der Waals surface area (Å²) >= 11 is 5.22. The number of hydrogen-bond donors (Lipinski definition) is 0. The number of hydrogen-bond acceptors (Lipinski definition) is 6. The van der Waals surface area contributed by atoms with Gasteiger partial charge in [-0.05, 0) is 48.3 Å². The van der Waals surface area contributed by atoms with Crippen LogP contribution in [-0.4, -0.2) is 29.7 Å². The Morgan fingerprint density at radius 3 is 2.84 bits per heavy atom. The Balaban J connectivity index is 1.64. The fraction of sp³-hybridized carbons (Fsp3) is 0.278. The Kier molecular flexibility index (Phi) is 3.80. The minimum Gasteiger partial charge on any atom is -0.493 e. The molecule has 0 N–H and O–H groups in total. The van der Waals surface area contributed by atoms with Gasteiger partial charge in [-0.15, -0.1) is 0 Å². The molecule has 0 spiro atoms. The van der Waals surface area contributed by atoms with Gasteiger partial charge in [-0.3, -0.25) is 9.78 Å². The number of ether oxygens (including phenoxy) is 2. The van der Waals surface area contributed by atoms with Crippen molar-refractivity contribution in [1.82, 2.24) is 9.55 Å². The number of pyridine rings is 1. The molecule has 3 aromatic rings. The summed E-state index contributed by atoms with van der Waals surface area (Å²) in [6.07, 6.45) is 3.95. The molecule has 6 nitrogen and oxygen atoms in total. The van der Waals surface area contributed by atoms with E-state index in [0.29, 0.717) is 22.6 Å². The molecule has 1 saturated carbocycles. The fourth-order valence-corrected chi connectivity index (χ4v) is 3.45. The zero-order valence-electron chi connectivity index (χ0n) is 13.8. The van der Waals surface area contributed by atoms with Gasteiger partial charge >= 0.3 is 0 Å². The third-order valence-corrected chi connectivity index (χ3v) is 4.81. The average molecular weight is 356 g/mol. The van der Waals surface area contributed by atoms with E-state index < -0.39 is 0 Å². The molecule has 0 aliphatic heterocycles. The summed E-state index contributed by atoms with van der Waals surface area (Å²) in [7, 11) is 3.20. The molecule has 0 saturated heterocycles. The highest BCUT2D eigenvalue weighted by Gasteiger charge is 2.45. The summed E-state index contributed by atoms with van der Waals surface area (Å²) in [6, 6.07) is 7.49. The summed E-state index contributed by atoms with van der Waals surface area (Å²) in [4.78, 5) is 17.1. The maximum Gasteiger partial charge on any atom is 0.276 e. The van der Waals surface area contributed by atoms with Crippen molar-refractivity contribution < 1.29 is 18.7 Å². The van der Waals surface area contributed by atoms with Gasteiger partial charge in [0.1, 0.15) is 0 Å². The molecule has 2 aromatic heterocycles. The first kappa shape index (κ1) is 15.8. The van der Waals surface area contributed by atoms with Crippen molar-refractivity contribution in [2.24, 2.45) is 5.92 Å². The second-order valence-corrected chi connectivity index (χ2v) is 6.30. The van der Waals surface area contributed by atoms with Crippen molar-refractivity contribution in [2.75, 3.05) is 14.2 Å². The molecule has 25 heavy (non-hydrogen) atoms. The molecule has 4 rings (SSSR count). The Morgan fingerprint density at radius 2 is 2.08 bits per heavy atom. The van der Waals surface area contributed by atoms with Gasteiger partial charge in [0.15, 0.2) is 17.1 Å². The molecule has 0 bridgehead atoms. The lowest BCUT2D eigenvalue weighted by atomic mass is 10.1. The highest BCUT2D eigenvalue weighted by atomic mass is 32.1. The predicted octanol–water partition coefficient (Wildman–Crippen LogP) is 3.82. The van der Waals surface area contributed by atoms with Crippen LogP contribution in [0.25, 0.3) is 11.1 Å². The summed E-state index contributed by atoms with van der Waals surface area (Å²) in [5, 5.41) is 0. The number of aromatic nitrogens is 2. The highest BCUT2D eigenvalue weighted by molar-refractivity contribution is 7.71. The number of nitrogens with zero attached hydrogens (tertiary/aromatic N) is 2. The molecule has 1 aromatic carbocycles. The van der Waals surface area contributed by atoms with Crippen LogP contribution >= 0.6 is 12.2 Å². The van der Waals surface area contributed by atoms with Gasteiger partial charge in [-0.2, -0.15) is 0 Å². The lowest BCUT2D eigenvalue weighted by Crippen LogP contribution is -2.13. The number of oxazole rings is 1. The normalized spacial score (nSPS) is 19.0. The number of carbonyl (C=O) groups is 1. The van der Waals surface area contributed by atoms with Crippen LogP contribution in [0, 0.1) is 10.8 Å². The van der Waals surface area contributed by atoms with E-state index in [-0.39, 0.29) is 22.6 Å². The second-order valence-electron chi connectivity index (χ2n) is 5.95. The first-order valence-electron chi connectivity index (χ1n) is 7.85. The monoisotopic (exact) mass is 356 g/mol.